The van der Waals surface area contributed by atoms with Crippen LogP contribution in [0.2, 0.25) is 0 Å². The second-order valence-electron chi connectivity index (χ2n) is 4.95. The standard InChI is InChI=1S/C14H22BrN3/c1-16-11-12-4-5-13(10-14(12)15)18-7-3-6-17(2)8-9-18/h4-5,10,16H,3,6-9,11H2,1-2H3. The van der Waals surface area contributed by atoms with Crippen molar-refractivity contribution in [1.29, 1.82) is 0 Å². The van der Waals surface area contributed by atoms with E-state index in [1.54, 1.807) is 0 Å². The topological polar surface area (TPSA) is 18.5 Å². The number of nitrogens with zero attached hydrogens (tertiary/aromatic N) is 2. The summed E-state index contributed by atoms with van der Waals surface area (Å²) in [6.45, 7) is 5.53. The van der Waals surface area contributed by atoms with Crippen LogP contribution in [-0.4, -0.2) is 45.2 Å². The summed E-state index contributed by atoms with van der Waals surface area (Å²) in [5, 5.41) is 3.19. The quantitative estimate of drug-likeness (QED) is 0.924. The molecule has 1 heterocycles. The van der Waals surface area contributed by atoms with E-state index < -0.39 is 0 Å². The average Bonchev–Trinajstić information content (AvgIpc) is 2.57. The van der Waals surface area contributed by atoms with Crippen molar-refractivity contribution in [2.75, 3.05) is 45.2 Å². The largest absolute Gasteiger partial charge is 0.370 e. The molecule has 0 unspecified atom stereocenters. The Morgan fingerprint density at radius 3 is 2.78 bits per heavy atom. The van der Waals surface area contributed by atoms with E-state index in [4.69, 9.17) is 0 Å². The van der Waals surface area contributed by atoms with Crippen LogP contribution in [0.25, 0.3) is 0 Å². The van der Waals surface area contributed by atoms with Crippen LogP contribution in [0.15, 0.2) is 22.7 Å². The monoisotopic (exact) mass is 311 g/mol. The van der Waals surface area contributed by atoms with E-state index in [2.05, 4.69) is 56.3 Å². The van der Waals surface area contributed by atoms with Crippen molar-refractivity contribution in [1.82, 2.24) is 10.2 Å². The fraction of sp³-hybridized carbons (Fsp3) is 0.571. The number of rotatable bonds is 3. The van der Waals surface area contributed by atoms with E-state index in [-0.39, 0.29) is 0 Å². The van der Waals surface area contributed by atoms with Gasteiger partial charge in [-0.25, -0.2) is 0 Å². The highest BCUT2D eigenvalue weighted by molar-refractivity contribution is 9.10. The fourth-order valence-corrected chi connectivity index (χ4v) is 2.88. The van der Waals surface area contributed by atoms with Gasteiger partial charge in [0.2, 0.25) is 0 Å². The van der Waals surface area contributed by atoms with Crippen molar-refractivity contribution in [3.8, 4) is 0 Å². The van der Waals surface area contributed by atoms with Crippen LogP contribution < -0.4 is 10.2 Å². The molecule has 2 rings (SSSR count). The molecular formula is C14H22BrN3. The van der Waals surface area contributed by atoms with Crippen LogP contribution in [0.3, 0.4) is 0 Å². The van der Waals surface area contributed by atoms with Crippen LogP contribution in [0.1, 0.15) is 12.0 Å². The lowest BCUT2D eigenvalue weighted by Crippen LogP contribution is -2.28. The first-order valence-electron chi connectivity index (χ1n) is 6.57. The molecule has 1 aliphatic heterocycles. The summed E-state index contributed by atoms with van der Waals surface area (Å²) in [6.07, 6.45) is 1.24. The van der Waals surface area contributed by atoms with Gasteiger partial charge in [0.1, 0.15) is 0 Å². The maximum atomic E-state index is 3.67. The molecule has 0 spiro atoms. The van der Waals surface area contributed by atoms with Crippen molar-refractivity contribution in [2.45, 2.75) is 13.0 Å². The second-order valence-corrected chi connectivity index (χ2v) is 5.80. The molecule has 0 aromatic heterocycles. The Labute approximate surface area is 118 Å². The Hall–Kier alpha value is -0.580. The van der Waals surface area contributed by atoms with Gasteiger partial charge in [-0.05, 0) is 44.8 Å². The molecule has 1 fully saturated rings. The highest BCUT2D eigenvalue weighted by Crippen LogP contribution is 2.25. The highest BCUT2D eigenvalue weighted by atomic mass is 79.9. The third kappa shape index (κ3) is 3.46. The zero-order valence-corrected chi connectivity index (χ0v) is 12.8. The lowest BCUT2D eigenvalue weighted by Gasteiger charge is -2.23. The molecule has 18 heavy (non-hydrogen) atoms. The van der Waals surface area contributed by atoms with Crippen LogP contribution >= 0.6 is 15.9 Å². The molecule has 0 aliphatic carbocycles. The third-order valence-corrected chi connectivity index (χ3v) is 4.23. The van der Waals surface area contributed by atoms with Crippen molar-refractivity contribution in [3.63, 3.8) is 0 Å². The molecule has 1 aliphatic rings. The molecule has 4 heteroatoms. The summed E-state index contributed by atoms with van der Waals surface area (Å²) in [5.74, 6) is 0. The Morgan fingerprint density at radius 2 is 2.06 bits per heavy atom. The summed E-state index contributed by atoms with van der Waals surface area (Å²) in [4.78, 5) is 4.89. The number of benzene rings is 1. The Balaban J connectivity index is 2.10. The van der Waals surface area contributed by atoms with Crippen molar-refractivity contribution < 1.29 is 0 Å². The highest BCUT2D eigenvalue weighted by Gasteiger charge is 2.13. The molecule has 1 N–H and O–H groups in total. The maximum Gasteiger partial charge on any atom is 0.0378 e. The molecule has 1 saturated heterocycles. The van der Waals surface area contributed by atoms with Crippen LogP contribution in [0.5, 0.6) is 0 Å². The number of halogens is 1. The van der Waals surface area contributed by atoms with Gasteiger partial charge in [0.05, 0.1) is 0 Å². The minimum atomic E-state index is 0.906. The van der Waals surface area contributed by atoms with Gasteiger partial charge in [-0.15, -0.1) is 0 Å². The summed E-state index contributed by atoms with van der Waals surface area (Å²) in [7, 11) is 4.18. The van der Waals surface area contributed by atoms with Gasteiger partial charge in [0.15, 0.2) is 0 Å². The van der Waals surface area contributed by atoms with E-state index in [1.165, 1.54) is 28.7 Å². The van der Waals surface area contributed by atoms with E-state index in [0.29, 0.717) is 0 Å². The fourth-order valence-electron chi connectivity index (χ4n) is 2.37. The van der Waals surface area contributed by atoms with Gasteiger partial charge in [-0.3, -0.25) is 0 Å². The van der Waals surface area contributed by atoms with E-state index in [9.17, 15) is 0 Å². The number of hydrogen-bond donors (Lipinski definition) is 1. The molecule has 0 saturated carbocycles. The van der Waals surface area contributed by atoms with Gasteiger partial charge in [0.25, 0.3) is 0 Å². The number of likely N-dealkylation sites (N-methyl/N-ethyl adjacent to an activating group) is 1. The lowest BCUT2D eigenvalue weighted by atomic mass is 10.2. The minimum Gasteiger partial charge on any atom is -0.370 e. The van der Waals surface area contributed by atoms with Gasteiger partial charge < -0.3 is 15.1 Å². The SMILES string of the molecule is CNCc1ccc(N2CCCN(C)CC2)cc1Br. The molecule has 0 atom stereocenters. The Bertz CT molecular complexity index is 395. The summed E-state index contributed by atoms with van der Waals surface area (Å²) < 4.78 is 1.20. The average molecular weight is 312 g/mol. The summed E-state index contributed by atoms with van der Waals surface area (Å²) in [5.41, 5.74) is 2.64. The van der Waals surface area contributed by atoms with Gasteiger partial charge in [-0.1, -0.05) is 22.0 Å². The normalized spacial score (nSPS) is 17.8. The summed E-state index contributed by atoms with van der Waals surface area (Å²) >= 11 is 3.67. The predicted molar refractivity (Wildman–Crippen MR) is 81.2 cm³/mol. The Morgan fingerprint density at radius 1 is 1.22 bits per heavy atom. The van der Waals surface area contributed by atoms with Gasteiger partial charge in [0, 0.05) is 36.3 Å². The molecule has 1 aromatic carbocycles. The van der Waals surface area contributed by atoms with E-state index in [1.807, 2.05) is 7.05 Å². The van der Waals surface area contributed by atoms with Crippen LogP contribution in [0.4, 0.5) is 5.69 Å². The van der Waals surface area contributed by atoms with E-state index >= 15 is 0 Å². The van der Waals surface area contributed by atoms with E-state index in [0.717, 1.165) is 26.2 Å². The minimum absolute atomic E-state index is 0.906. The molecule has 1 aromatic rings. The third-order valence-electron chi connectivity index (χ3n) is 3.49. The number of hydrogen-bond acceptors (Lipinski definition) is 3. The summed E-state index contributed by atoms with van der Waals surface area (Å²) in [6, 6.07) is 6.70. The van der Waals surface area contributed by atoms with Gasteiger partial charge >= 0.3 is 0 Å². The smallest absolute Gasteiger partial charge is 0.0378 e. The second kappa shape index (κ2) is 6.55. The van der Waals surface area contributed by atoms with Crippen LogP contribution in [0, 0.1) is 0 Å². The van der Waals surface area contributed by atoms with Crippen LogP contribution in [-0.2, 0) is 6.54 Å². The first kappa shape index (κ1) is 13.8. The molecule has 3 nitrogen and oxygen atoms in total. The Kier molecular flexibility index (Phi) is 5.03. The first-order chi connectivity index (χ1) is 8.70. The molecular weight excluding hydrogens is 290 g/mol. The maximum absolute atomic E-state index is 3.67. The number of nitrogens with one attached hydrogen (secondary N) is 1. The van der Waals surface area contributed by atoms with Crippen molar-refractivity contribution in [3.05, 3.63) is 28.2 Å². The van der Waals surface area contributed by atoms with Crippen molar-refractivity contribution >= 4 is 21.6 Å². The molecule has 100 valence electrons. The first-order valence-corrected chi connectivity index (χ1v) is 7.36. The molecule has 0 bridgehead atoms. The zero-order valence-electron chi connectivity index (χ0n) is 11.2. The predicted octanol–water partition coefficient (Wildman–Crippen LogP) is 2.31. The number of anilines is 1. The molecule has 0 radical (unpaired) electrons. The molecule has 0 amide bonds. The lowest BCUT2D eigenvalue weighted by molar-refractivity contribution is 0.360. The van der Waals surface area contributed by atoms with Crippen molar-refractivity contribution in [2.24, 2.45) is 0 Å². The zero-order chi connectivity index (χ0) is 13.0. The van der Waals surface area contributed by atoms with Gasteiger partial charge in [-0.2, -0.15) is 0 Å².